The number of carbonyl (C=O) groups is 1. The molecule has 0 heterocycles. The zero-order chi connectivity index (χ0) is 12.7. The Bertz CT molecular complexity index is 453. The lowest BCUT2D eigenvalue weighted by atomic mass is 9.88. The second-order valence-corrected chi connectivity index (χ2v) is 5.56. The fraction of sp³-hybridized carbons (Fsp3) is 0.500. The van der Waals surface area contributed by atoms with Gasteiger partial charge in [-0.3, -0.25) is 4.79 Å². The lowest BCUT2D eigenvalue weighted by molar-refractivity contribution is -0.114. The van der Waals surface area contributed by atoms with E-state index >= 15 is 0 Å². The molecular weight excluding hydrogens is 214 g/mol. The van der Waals surface area contributed by atoms with Crippen LogP contribution in [0.3, 0.4) is 0 Å². The first-order chi connectivity index (χ1) is 7.91. The zero-order valence-electron chi connectivity index (χ0n) is 10.6. The van der Waals surface area contributed by atoms with Gasteiger partial charge < -0.3 is 10.4 Å². The Morgan fingerprint density at radius 3 is 2.59 bits per heavy atom. The molecule has 1 saturated carbocycles. The highest BCUT2D eigenvalue weighted by Crippen LogP contribution is 2.64. The maximum absolute atomic E-state index is 11.0. The minimum Gasteiger partial charge on any atom is -0.395 e. The third-order valence-electron chi connectivity index (χ3n) is 3.92. The molecule has 1 atom stereocenters. The van der Waals surface area contributed by atoms with Crippen LogP contribution in [0.2, 0.25) is 0 Å². The van der Waals surface area contributed by atoms with Gasteiger partial charge in [0.25, 0.3) is 0 Å². The van der Waals surface area contributed by atoms with Crippen LogP contribution < -0.4 is 5.32 Å². The second kappa shape index (κ2) is 3.84. The van der Waals surface area contributed by atoms with Crippen LogP contribution in [0.1, 0.15) is 32.8 Å². The molecule has 3 nitrogen and oxygen atoms in total. The molecule has 0 radical (unpaired) electrons. The highest BCUT2D eigenvalue weighted by molar-refractivity contribution is 5.88. The SMILES string of the molecule is CC(=O)Nc1cccc(C2(CO)CC2(C)C)c1. The molecule has 1 aliphatic carbocycles. The Kier molecular flexibility index (Phi) is 2.74. The molecule has 1 aliphatic rings. The first kappa shape index (κ1) is 12.1. The van der Waals surface area contributed by atoms with E-state index in [9.17, 15) is 9.90 Å². The number of nitrogens with one attached hydrogen (secondary N) is 1. The van der Waals surface area contributed by atoms with Gasteiger partial charge in [0.15, 0.2) is 0 Å². The Balaban J connectivity index is 2.31. The van der Waals surface area contributed by atoms with Crippen LogP contribution in [0, 0.1) is 5.41 Å². The highest BCUT2D eigenvalue weighted by Gasteiger charge is 2.61. The van der Waals surface area contributed by atoms with E-state index in [0.29, 0.717) is 0 Å². The molecular formula is C14H19NO2. The fourth-order valence-electron chi connectivity index (χ4n) is 2.66. The summed E-state index contributed by atoms with van der Waals surface area (Å²) < 4.78 is 0. The summed E-state index contributed by atoms with van der Waals surface area (Å²) >= 11 is 0. The molecule has 0 bridgehead atoms. The topological polar surface area (TPSA) is 49.3 Å². The number of amides is 1. The van der Waals surface area contributed by atoms with Crippen molar-refractivity contribution in [3.05, 3.63) is 29.8 Å². The summed E-state index contributed by atoms with van der Waals surface area (Å²) in [6, 6.07) is 7.78. The maximum Gasteiger partial charge on any atom is 0.221 e. The minimum absolute atomic E-state index is 0.0738. The van der Waals surface area contributed by atoms with Crippen molar-refractivity contribution in [2.24, 2.45) is 5.41 Å². The molecule has 1 amide bonds. The van der Waals surface area contributed by atoms with Gasteiger partial charge in [0.1, 0.15) is 0 Å². The normalized spacial score (nSPS) is 25.4. The molecule has 1 unspecified atom stereocenters. The molecule has 17 heavy (non-hydrogen) atoms. The average Bonchev–Trinajstić information content (AvgIpc) is 2.82. The molecule has 0 saturated heterocycles. The van der Waals surface area contributed by atoms with Gasteiger partial charge in [0.2, 0.25) is 5.91 Å². The Labute approximate surface area is 102 Å². The Morgan fingerprint density at radius 2 is 2.12 bits per heavy atom. The first-order valence-electron chi connectivity index (χ1n) is 5.90. The van der Waals surface area contributed by atoms with Gasteiger partial charge in [-0.05, 0) is 29.5 Å². The van der Waals surface area contributed by atoms with E-state index in [4.69, 9.17) is 0 Å². The lowest BCUT2D eigenvalue weighted by Gasteiger charge is -2.19. The Hall–Kier alpha value is -1.35. The molecule has 92 valence electrons. The summed E-state index contributed by atoms with van der Waals surface area (Å²) in [5, 5.41) is 12.4. The summed E-state index contributed by atoms with van der Waals surface area (Å²) in [5.74, 6) is -0.0738. The summed E-state index contributed by atoms with van der Waals surface area (Å²) in [6.07, 6.45) is 0.986. The largest absolute Gasteiger partial charge is 0.395 e. The molecule has 0 spiro atoms. The third kappa shape index (κ3) is 1.95. The van der Waals surface area contributed by atoms with Gasteiger partial charge in [-0.2, -0.15) is 0 Å². The van der Waals surface area contributed by atoms with Crippen LogP contribution in [0.4, 0.5) is 5.69 Å². The predicted molar refractivity (Wildman–Crippen MR) is 67.9 cm³/mol. The van der Waals surface area contributed by atoms with Crippen molar-refractivity contribution in [3.8, 4) is 0 Å². The number of hydrogen-bond donors (Lipinski definition) is 2. The van der Waals surface area contributed by atoms with E-state index in [1.54, 1.807) is 0 Å². The molecule has 1 aromatic rings. The molecule has 1 aromatic carbocycles. The number of benzene rings is 1. The van der Waals surface area contributed by atoms with Gasteiger partial charge >= 0.3 is 0 Å². The zero-order valence-corrected chi connectivity index (χ0v) is 10.6. The van der Waals surface area contributed by atoms with Gasteiger partial charge in [-0.15, -0.1) is 0 Å². The third-order valence-corrected chi connectivity index (χ3v) is 3.92. The van der Waals surface area contributed by atoms with Crippen molar-refractivity contribution in [1.29, 1.82) is 0 Å². The minimum atomic E-state index is -0.137. The van der Waals surface area contributed by atoms with Crippen molar-refractivity contribution in [1.82, 2.24) is 0 Å². The summed E-state index contributed by atoms with van der Waals surface area (Å²) in [5.41, 5.74) is 1.90. The number of aliphatic hydroxyl groups is 1. The van der Waals surface area contributed by atoms with E-state index < -0.39 is 0 Å². The van der Waals surface area contributed by atoms with Crippen molar-refractivity contribution in [3.63, 3.8) is 0 Å². The molecule has 0 aliphatic heterocycles. The molecule has 2 rings (SSSR count). The van der Waals surface area contributed by atoms with E-state index in [1.165, 1.54) is 6.92 Å². The van der Waals surface area contributed by atoms with Crippen molar-refractivity contribution < 1.29 is 9.90 Å². The highest BCUT2D eigenvalue weighted by atomic mass is 16.3. The van der Waals surface area contributed by atoms with E-state index in [1.807, 2.05) is 24.3 Å². The van der Waals surface area contributed by atoms with Crippen molar-refractivity contribution in [2.45, 2.75) is 32.6 Å². The van der Waals surface area contributed by atoms with Crippen LogP contribution in [0.25, 0.3) is 0 Å². The van der Waals surface area contributed by atoms with E-state index in [-0.39, 0.29) is 23.3 Å². The molecule has 0 aromatic heterocycles. The van der Waals surface area contributed by atoms with Crippen LogP contribution in [-0.2, 0) is 10.2 Å². The average molecular weight is 233 g/mol. The number of anilines is 1. The van der Waals surface area contributed by atoms with Gasteiger partial charge in [0.05, 0.1) is 6.61 Å². The van der Waals surface area contributed by atoms with E-state index in [0.717, 1.165) is 17.7 Å². The molecule has 1 fully saturated rings. The predicted octanol–water partition coefficient (Wildman–Crippen LogP) is 2.30. The Morgan fingerprint density at radius 1 is 1.47 bits per heavy atom. The smallest absolute Gasteiger partial charge is 0.221 e. The maximum atomic E-state index is 11.0. The van der Waals surface area contributed by atoms with Crippen molar-refractivity contribution in [2.75, 3.05) is 11.9 Å². The molecule has 2 N–H and O–H groups in total. The number of hydrogen-bond acceptors (Lipinski definition) is 2. The lowest BCUT2D eigenvalue weighted by Crippen LogP contribution is -2.19. The standard InChI is InChI=1S/C14H19NO2/c1-10(17)15-12-6-4-5-11(7-12)14(9-16)8-13(14,2)3/h4-7,16H,8-9H2,1-3H3,(H,15,17). The monoisotopic (exact) mass is 233 g/mol. The quantitative estimate of drug-likeness (QED) is 0.841. The summed E-state index contributed by atoms with van der Waals surface area (Å²) in [7, 11) is 0. The number of aliphatic hydroxyl groups excluding tert-OH is 1. The second-order valence-electron chi connectivity index (χ2n) is 5.56. The first-order valence-corrected chi connectivity index (χ1v) is 5.90. The van der Waals surface area contributed by atoms with Gasteiger partial charge in [0, 0.05) is 18.0 Å². The van der Waals surface area contributed by atoms with E-state index in [2.05, 4.69) is 19.2 Å². The fourth-order valence-corrected chi connectivity index (χ4v) is 2.66. The van der Waals surface area contributed by atoms with Gasteiger partial charge in [-0.25, -0.2) is 0 Å². The van der Waals surface area contributed by atoms with Crippen LogP contribution in [0.5, 0.6) is 0 Å². The number of carbonyl (C=O) groups excluding carboxylic acids is 1. The van der Waals surface area contributed by atoms with Crippen LogP contribution in [0.15, 0.2) is 24.3 Å². The van der Waals surface area contributed by atoms with Crippen LogP contribution in [-0.4, -0.2) is 17.6 Å². The van der Waals surface area contributed by atoms with Crippen molar-refractivity contribution >= 4 is 11.6 Å². The summed E-state index contributed by atoms with van der Waals surface area (Å²) in [4.78, 5) is 11.0. The van der Waals surface area contributed by atoms with Gasteiger partial charge in [-0.1, -0.05) is 26.0 Å². The number of rotatable bonds is 3. The molecule has 3 heteroatoms. The van der Waals surface area contributed by atoms with Crippen LogP contribution >= 0.6 is 0 Å². The summed E-state index contributed by atoms with van der Waals surface area (Å²) in [6.45, 7) is 5.97.